The largest absolute Gasteiger partial charge is 0.391 e. The number of rotatable bonds is 4. The molecule has 0 saturated heterocycles. The van der Waals surface area contributed by atoms with Gasteiger partial charge in [-0.1, -0.05) is 38.1 Å². The second-order valence-electron chi connectivity index (χ2n) is 8.49. The first-order chi connectivity index (χ1) is 11.7. The van der Waals surface area contributed by atoms with Crippen LogP contribution in [0.15, 0.2) is 24.3 Å². The summed E-state index contributed by atoms with van der Waals surface area (Å²) in [5.74, 6) is 0.202. The van der Waals surface area contributed by atoms with Crippen LogP contribution in [0.3, 0.4) is 0 Å². The molecule has 2 N–H and O–H groups in total. The van der Waals surface area contributed by atoms with E-state index in [1.165, 1.54) is 0 Å². The second-order valence-corrected chi connectivity index (χ2v) is 10.2. The highest BCUT2D eigenvalue weighted by Gasteiger charge is 2.65. The van der Waals surface area contributed by atoms with Crippen LogP contribution in [0.1, 0.15) is 50.3 Å². The normalized spacial score (nSPS) is 36.0. The molecule has 1 aromatic carbocycles. The van der Waals surface area contributed by atoms with E-state index in [1.54, 1.807) is 0 Å². The van der Waals surface area contributed by atoms with Gasteiger partial charge in [0.2, 0.25) is 10.0 Å². The van der Waals surface area contributed by atoms with Gasteiger partial charge >= 0.3 is 0 Å². The lowest BCUT2D eigenvalue weighted by atomic mass is 9.70. The number of ketones is 1. The van der Waals surface area contributed by atoms with Gasteiger partial charge in [-0.3, -0.25) is 4.79 Å². The van der Waals surface area contributed by atoms with Crippen molar-refractivity contribution in [2.75, 3.05) is 5.75 Å². The van der Waals surface area contributed by atoms with Crippen molar-refractivity contribution in [2.24, 2.45) is 16.7 Å². The van der Waals surface area contributed by atoms with E-state index in [1.807, 2.05) is 38.1 Å². The Balaban J connectivity index is 1.61. The molecule has 3 aliphatic carbocycles. The minimum atomic E-state index is -3.70. The Morgan fingerprint density at radius 1 is 1.24 bits per heavy atom. The summed E-state index contributed by atoms with van der Waals surface area (Å²) in [4.78, 5) is 12.6. The fraction of sp³-hybridized carbons (Fsp3) is 0.632. The molecule has 0 aromatic heterocycles. The van der Waals surface area contributed by atoms with Crippen LogP contribution in [-0.4, -0.2) is 31.2 Å². The number of Topliss-reactive ketones (excluding diaryl/α,β-unsaturated/α-hetero) is 1. The molecule has 0 amide bonds. The molecule has 3 aliphatic rings. The standard InChI is InChI=1S/C19H25NO4S/c1-18(2)13-7-8-19(18,16(22)10-13)11-25(23,24)20-17-14-6-4-3-5-12(14)9-15(17)21/h3-6,13,15,17,20-21H,7-11H2,1-2H3/t13?,15?,17?,19-/m1/s1. The Morgan fingerprint density at radius 2 is 1.96 bits per heavy atom. The van der Waals surface area contributed by atoms with Crippen LogP contribution in [0.2, 0.25) is 0 Å². The van der Waals surface area contributed by atoms with Gasteiger partial charge in [-0.05, 0) is 35.3 Å². The van der Waals surface area contributed by atoms with E-state index in [4.69, 9.17) is 0 Å². The molecule has 0 spiro atoms. The summed E-state index contributed by atoms with van der Waals surface area (Å²) in [6.45, 7) is 4.07. The third-order valence-electron chi connectivity index (χ3n) is 7.09. The van der Waals surface area contributed by atoms with Gasteiger partial charge in [-0.15, -0.1) is 0 Å². The molecule has 2 bridgehead atoms. The van der Waals surface area contributed by atoms with Crippen LogP contribution >= 0.6 is 0 Å². The van der Waals surface area contributed by atoms with Crippen LogP contribution < -0.4 is 4.72 Å². The average molecular weight is 363 g/mol. The van der Waals surface area contributed by atoms with Crippen LogP contribution in [-0.2, 0) is 21.2 Å². The maximum absolute atomic E-state index is 12.9. The van der Waals surface area contributed by atoms with Crippen LogP contribution in [0.5, 0.6) is 0 Å². The quantitative estimate of drug-likeness (QED) is 0.857. The molecule has 4 atom stereocenters. The van der Waals surface area contributed by atoms with Crippen molar-refractivity contribution in [1.29, 1.82) is 0 Å². The molecule has 2 fully saturated rings. The van der Waals surface area contributed by atoms with Gasteiger partial charge in [0, 0.05) is 18.3 Å². The van der Waals surface area contributed by atoms with Gasteiger partial charge in [0.25, 0.3) is 0 Å². The van der Waals surface area contributed by atoms with Gasteiger partial charge in [-0.25, -0.2) is 13.1 Å². The van der Waals surface area contributed by atoms with Crippen molar-refractivity contribution in [3.05, 3.63) is 35.4 Å². The molecule has 4 rings (SSSR count). The Kier molecular flexibility index (Phi) is 3.70. The highest BCUT2D eigenvalue weighted by atomic mass is 32.2. The predicted molar refractivity (Wildman–Crippen MR) is 94.4 cm³/mol. The van der Waals surface area contributed by atoms with Gasteiger partial charge in [0.15, 0.2) is 0 Å². The fourth-order valence-electron chi connectivity index (χ4n) is 5.38. The van der Waals surface area contributed by atoms with Crippen molar-refractivity contribution in [2.45, 2.75) is 51.7 Å². The summed E-state index contributed by atoms with van der Waals surface area (Å²) >= 11 is 0. The number of nitrogens with one attached hydrogen (secondary N) is 1. The van der Waals surface area contributed by atoms with E-state index in [0.29, 0.717) is 19.3 Å². The molecular weight excluding hydrogens is 338 g/mol. The summed E-state index contributed by atoms with van der Waals surface area (Å²) < 4.78 is 28.6. The molecule has 136 valence electrons. The van der Waals surface area contributed by atoms with Crippen LogP contribution in [0.25, 0.3) is 0 Å². The van der Waals surface area contributed by atoms with Crippen LogP contribution in [0.4, 0.5) is 0 Å². The number of sulfonamides is 1. The Labute approximate surface area is 148 Å². The molecule has 0 aliphatic heterocycles. The smallest absolute Gasteiger partial charge is 0.213 e. The van der Waals surface area contributed by atoms with Crippen LogP contribution in [0, 0.1) is 16.7 Å². The molecular formula is C19H25NO4S. The fourth-order valence-corrected chi connectivity index (χ4v) is 7.46. The predicted octanol–water partition coefficient (Wildman–Crippen LogP) is 1.96. The Morgan fingerprint density at radius 3 is 2.60 bits per heavy atom. The third-order valence-corrected chi connectivity index (χ3v) is 8.57. The first-order valence-corrected chi connectivity index (χ1v) is 10.6. The van der Waals surface area contributed by atoms with Crippen molar-refractivity contribution >= 4 is 15.8 Å². The van der Waals surface area contributed by atoms with E-state index in [9.17, 15) is 18.3 Å². The Bertz CT molecular complexity index is 832. The number of aliphatic hydroxyl groups is 1. The number of hydrogen-bond acceptors (Lipinski definition) is 4. The van der Waals surface area contributed by atoms with Crippen molar-refractivity contribution in [3.63, 3.8) is 0 Å². The Hall–Kier alpha value is -1.24. The van der Waals surface area contributed by atoms with E-state index in [-0.39, 0.29) is 22.9 Å². The average Bonchev–Trinajstić information content (AvgIpc) is 3.02. The summed E-state index contributed by atoms with van der Waals surface area (Å²) in [5, 5.41) is 10.3. The molecule has 6 heteroatoms. The van der Waals surface area contributed by atoms with E-state index in [2.05, 4.69) is 4.72 Å². The SMILES string of the molecule is CC1(C)C2CC[C@@]1(CS(=O)(=O)NC1c3ccccc3CC1O)C(=O)C2. The first kappa shape index (κ1) is 17.2. The number of hydrogen-bond donors (Lipinski definition) is 2. The number of carbonyl (C=O) groups excluding carboxylic acids is 1. The maximum Gasteiger partial charge on any atom is 0.213 e. The number of fused-ring (bicyclic) bond motifs is 3. The summed E-state index contributed by atoms with van der Waals surface area (Å²) in [7, 11) is -3.70. The number of aliphatic hydroxyl groups excluding tert-OH is 1. The number of carbonyl (C=O) groups is 1. The van der Waals surface area contributed by atoms with E-state index in [0.717, 1.165) is 17.5 Å². The zero-order valence-corrected chi connectivity index (χ0v) is 15.5. The lowest BCUT2D eigenvalue weighted by molar-refractivity contribution is -0.128. The van der Waals surface area contributed by atoms with Crippen molar-refractivity contribution in [1.82, 2.24) is 4.72 Å². The lowest BCUT2D eigenvalue weighted by Crippen LogP contribution is -2.46. The molecule has 5 nitrogen and oxygen atoms in total. The van der Waals surface area contributed by atoms with Gasteiger partial charge in [0.1, 0.15) is 5.78 Å². The minimum absolute atomic E-state index is 0.0893. The summed E-state index contributed by atoms with van der Waals surface area (Å²) in [5.41, 5.74) is 0.730. The van der Waals surface area contributed by atoms with Crippen molar-refractivity contribution < 1.29 is 18.3 Å². The van der Waals surface area contributed by atoms with Crippen molar-refractivity contribution in [3.8, 4) is 0 Å². The highest BCUT2D eigenvalue weighted by molar-refractivity contribution is 7.89. The van der Waals surface area contributed by atoms with Gasteiger partial charge < -0.3 is 5.11 Å². The minimum Gasteiger partial charge on any atom is -0.391 e. The van der Waals surface area contributed by atoms with Gasteiger partial charge in [-0.2, -0.15) is 0 Å². The molecule has 1 aromatic rings. The molecule has 2 saturated carbocycles. The maximum atomic E-state index is 12.9. The van der Waals surface area contributed by atoms with E-state index >= 15 is 0 Å². The first-order valence-electron chi connectivity index (χ1n) is 8.95. The monoisotopic (exact) mass is 363 g/mol. The highest BCUT2D eigenvalue weighted by Crippen LogP contribution is 2.64. The lowest BCUT2D eigenvalue weighted by Gasteiger charge is -2.36. The third kappa shape index (κ3) is 2.41. The summed E-state index contributed by atoms with van der Waals surface area (Å²) in [6, 6.07) is 6.88. The second kappa shape index (κ2) is 5.38. The summed E-state index contributed by atoms with van der Waals surface area (Å²) in [6.07, 6.45) is 1.74. The van der Waals surface area contributed by atoms with E-state index < -0.39 is 27.6 Å². The topological polar surface area (TPSA) is 83.5 Å². The van der Waals surface area contributed by atoms with Gasteiger partial charge in [0.05, 0.1) is 17.9 Å². The zero-order valence-electron chi connectivity index (χ0n) is 14.7. The molecule has 0 heterocycles. The number of benzene rings is 1. The zero-order chi connectivity index (χ0) is 18.0. The molecule has 25 heavy (non-hydrogen) atoms. The molecule has 3 unspecified atom stereocenters. The molecule has 0 radical (unpaired) electrons.